The topological polar surface area (TPSA) is 66.0 Å². The molecule has 0 aliphatic rings. The molecule has 3 aromatic rings. The van der Waals surface area contributed by atoms with Crippen LogP contribution < -0.4 is 0 Å². The summed E-state index contributed by atoms with van der Waals surface area (Å²) in [5, 5.41) is 8.62. The number of hydrogen-bond donors (Lipinski definition) is 2. The summed E-state index contributed by atoms with van der Waals surface area (Å²) in [6.07, 6.45) is 5.25. The number of aromatic nitrogens is 2. The van der Waals surface area contributed by atoms with Crippen molar-refractivity contribution < 1.29 is 9.90 Å². The normalized spacial score (nSPS) is 11.0. The molecular formula is C19H16N2O2. The maximum atomic E-state index is 10.5. The van der Waals surface area contributed by atoms with E-state index >= 15 is 0 Å². The summed E-state index contributed by atoms with van der Waals surface area (Å²) in [5.74, 6) is -0.0456. The Morgan fingerprint density at radius 3 is 2.52 bits per heavy atom. The smallest absolute Gasteiger partial charge is 0.328 e. The molecule has 114 valence electrons. The van der Waals surface area contributed by atoms with E-state index in [2.05, 4.69) is 9.97 Å². The van der Waals surface area contributed by atoms with E-state index in [0.29, 0.717) is 6.42 Å². The van der Waals surface area contributed by atoms with Gasteiger partial charge in [0.05, 0.1) is 11.9 Å². The Hall–Kier alpha value is -3.14. The molecule has 0 aliphatic carbocycles. The van der Waals surface area contributed by atoms with Crippen LogP contribution >= 0.6 is 0 Å². The van der Waals surface area contributed by atoms with Gasteiger partial charge in [-0.15, -0.1) is 0 Å². The van der Waals surface area contributed by atoms with Crippen molar-refractivity contribution >= 4 is 12.0 Å². The maximum absolute atomic E-state index is 10.5. The third-order valence-corrected chi connectivity index (χ3v) is 3.48. The van der Waals surface area contributed by atoms with Crippen LogP contribution in [0.3, 0.4) is 0 Å². The van der Waals surface area contributed by atoms with Gasteiger partial charge in [0.25, 0.3) is 0 Å². The molecule has 0 saturated carbocycles. The lowest BCUT2D eigenvalue weighted by molar-refractivity contribution is -0.131. The third-order valence-electron chi connectivity index (χ3n) is 3.48. The van der Waals surface area contributed by atoms with Crippen molar-refractivity contribution in [1.29, 1.82) is 0 Å². The molecule has 4 heteroatoms. The molecule has 3 rings (SSSR count). The van der Waals surface area contributed by atoms with Crippen LogP contribution in [0, 0.1) is 0 Å². The largest absolute Gasteiger partial charge is 0.478 e. The van der Waals surface area contributed by atoms with Crippen molar-refractivity contribution in [2.24, 2.45) is 0 Å². The minimum Gasteiger partial charge on any atom is -0.478 e. The molecule has 0 spiro atoms. The Balaban J connectivity index is 1.70. The van der Waals surface area contributed by atoms with Crippen molar-refractivity contribution in [3.05, 3.63) is 83.8 Å². The molecular weight excluding hydrogens is 288 g/mol. The van der Waals surface area contributed by atoms with Gasteiger partial charge in [-0.3, -0.25) is 0 Å². The first-order valence-corrected chi connectivity index (χ1v) is 7.30. The number of aromatic amines is 1. The lowest BCUT2D eigenvalue weighted by Gasteiger charge is -2.00. The number of carboxylic acid groups (broad SMARTS) is 1. The van der Waals surface area contributed by atoms with Crippen molar-refractivity contribution in [3.8, 4) is 11.3 Å². The molecule has 1 aromatic heterocycles. The van der Waals surface area contributed by atoms with Crippen LogP contribution in [-0.4, -0.2) is 21.0 Å². The molecule has 0 atom stereocenters. The summed E-state index contributed by atoms with van der Waals surface area (Å²) >= 11 is 0. The first-order chi connectivity index (χ1) is 11.2. The maximum Gasteiger partial charge on any atom is 0.328 e. The van der Waals surface area contributed by atoms with Gasteiger partial charge in [-0.1, -0.05) is 54.6 Å². The highest BCUT2D eigenvalue weighted by Crippen LogP contribution is 2.17. The highest BCUT2D eigenvalue weighted by molar-refractivity contribution is 5.85. The van der Waals surface area contributed by atoms with Gasteiger partial charge >= 0.3 is 5.97 Å². The van der Waals surface area contributed by atoms with Crippen LogP contribution in [0.5, 0.6) is 0 Å². The van der Waals surface area contributed by atoms with Crippen molar-refractivity contribution in [1.82, 2.24) is 9.97 Å². The van der Waals surface area contributed by atoms with E-state index in [1.807, 2.05) is 60.8 Å². The monoisotopic (exact) mass is 304 g/mol. The van der Waals surface area contributed by atoms with Crippen LogP contribution in [-0.2, 0) is 11.2 Å². The molecule has 2 aromatic carbocycles. The van der Waals surface area contributed by atoms with Crippen molar-refractivity contribution in [3.63, 3.8) is 0 Å². The molecule has 0 radical (unpaired) electrons. The van der Waals surface area contributed by atoms with Gasteiger partial charge < -0.3 is 10.1 Å². The summed E-state index contributed by atoms with van der Waals surface area (Å²) < 4.78 is 0. The lowest BCUT2D eigenvalue weighted by Crippen LogP contribution is -1.91. The van der Waals surface area contributed by atoms with Gasteiger partial charge in [0, 0.05) is 12.5 Å². The zero-order chi connectivity index (χ0) is 16.1. The van der Waals surface area contributed by atoms with Crippen molar-refractivity contribution in [2.45, 2.75) is 6.42 Å². The summed E-state index contributed by atoms with van der Waals surface area (Å²) in [7, 11) is 0. The molecule has 0 amide bonds. The number of rotatable bonds is 5. The minimum atomic E-state index is -0.946. The molecule has 1 heterocycles. The van der Waals surface area contributed by atoms with Gasteiger partial charge in [0.15, 0.2) is 0 Å². The Kier molecular flexibility index (Phi) is 4.34. The first kappa shape index (κ1) is 14.8. The van der Waals surface area contributed by atoms with Crippen LogP contribution in [0.15, 0.2) is 66.9 Å². The van der Waals surface area contributed by atoms with Gasteiger partial charge in [-0.25, -0.2) is 9.78 Å². The Morgan fingerprint density at radius 1 is 1.09 bits per heavy atom. The van der Waals surface area contributed by atoms with E-state index in [1.165, 1.54) is 0 Å². The van der Waals surface area contributed by atoms with E-state index in [0.717, 1.165) is 34.3 Å². The predicted molar refractivity (Wildman–Crippen MR) is 89.9 cm³/mol. The highest BCUT2D eigenvalue weighted by atomic mass is 16.4. The van der Waals surface area contributed by atoms with Crippen LogP contribution in [0.1, 0.15) is 17.0 Å². The van der Waals surface area contributed by atoms with Gasteiger partial charge in [0.1, 0.15) is 5.82 Å². The summed E-state index contributed by atoms with van der Waals surface area (Å²) in [5.41, 5.74) is 4.09. The molecule has 0 unspecified atom stereocenters. The number of H-pyrrole nitrogens is 1. The number of carboxylic acids is 1. The summed E-state index contributed by atoms with van der Waals surface area (Å²) in [4.78, 5) is 18.3. The SMILES string of the molecule is O=C(O)/C=C/c1ccc(Cc2ncc(-c3ccccc3)[nH]2)cc1. The van der Waals surface area contributed by atoms with Gasteiger partial charge in [-0.2, -0.15) is 0 Å². The van der Waals surface area contributed by atoms with E-state index < -0.39 is 5.97 Å². The van der Waals surface area contributed by atoms with Crippen molar-refractivity contribution in [2.75, 3.05) is 0 Å². The number of nitrogens with one attached hydrogen (secondary N) is 1. The average molecular weight is 304 g/mol. The number of benzene rings is 2. The second-order valence-electron chi connectivity index (χ2n) is 5.20. The fourth-order valence-electron chi connectivity index (χ4n) is 2.32. The fraction of sp³-hybridized carbons (Fsp3) is 0.0526. The number of aliphatic carboxylic acids is 1. The Bertz CT molecular complexity index is 818. The van der Waals surface area contributed by atoms with E-state index in [4.69, 9.17) is 5.11 Å². The second-order valence-corrected chi connectivity index (χ2v) is 5.20. The zero-order valence-electron chi connectivity index (χ0n) is 12.4. The second kappa shape index (κ2) is 6.75. The molecule has 0 aliphatic heterocycles. The Morgan fingerprint density at radius 2 is 1.83 bits per heavy atom. The summed E-state index contributed by atoms with van der Waals surface area (Å²) in [6.45, 7) is 0. The van der Waals surface area contributed by atoms with E-state index in [1.54, 1.807) is 6.08 Å². The highest BCUT2D eigenvalue weighted by Gasteiger charge is 2.04. The Labute approximate surface area is 134 Å². The number of imidazole rings is 1. The number of carbonyl (C=O) groups is 1. The number of hydrogen-bond acceptors (Lipinski definition) is 2. The van der Waals surface area contributed by atoms with E-state index in [9.17, 15) is 4.79 Å². The van der Waals surface area contributed by atoms with Crippen LogP contribution in [0.2, 0.25) is 0 Å². The van der Waals surface area contributed by atoms with Gasteiger partial charge in [-0.05, 0) is 22.8 Å². The fourth-order valence-corrected chi connectivity index (χ4v) is 2.32. The van der Waals surface area contributed by atoms with Gasteiger partial charge in [0.2, 0.25) is 0 Å². The molecule has 0 saturated heterocycles. The molecule has 23 heavy (non-hydrogen) atoms. The average Bonchev–Trinajstić information content (AvgIpc) is 3.03. The number of nitrogens with zero attached hydrogens (tertiary/aromatic N) is 1. The lowest BCUT2D eigenvalue weighted by atomic mass is 10.1. The molecule has 4 nitrogen and oxygen atoms in total. The zero-order valence-corrected chi connectivity index (χ0v) is 12.4. The van der Waals surface area contributed by atoms with E-state index in [-0.39, 0.29) is 0 Å². The predicted octanol–water partition coefficient (Wildman–Crippen LogP) is 3.77. The van der Waals surface area contributed by atoms with Crippen LogP contribution in [0.25, 0.3) is 17.3 Å². The standard InChI is InChI=1S/C19H16N2O2/c22-19(23)11-10-14-6-8-15(9-7-14)12-18-20-13-17(21-18)16-4-2-1-3-5-16/h1-11,13H,12H2,(H,20,21)(H,22,23)/b11-10+. The molecule has 0 bridgehead atoms. The summed E-state index contributed by atoms with van der Waals surface area (Å²) in [6, 6.07) is 17.8. The molecule has 0 fully saturated rings. The first-order valence-electron chi connectivity index (χ1n) is 7.30. The molecule has 2 N–H and O–H groups in total. The third kappa shape index (κ3) is 3.95. The quantitative estimate of drug-likeness (QED) is 0.705. The van der Waals surface area contributed by atoms with Crippen LogP contribution in [0.4, 0.5) is 0 Å². The minimum absolute atomic E-state index is 0.704.